The molecule has 0 unspecified atom stereocenters. The number of anilines is 1. The topological polar surface area (TPSA) is 91.4 Å². The van der Waals surface area contributed by atoms with E-state index in [-0.39, 0.29) is 17.5 Å². The van der Waals surface area contributed by atoms with E-state index in [1.807, 2.05) is 18.4 Å². The molecule has 0 saturated heterocycles. The highest BCUT2D eigenvalue weighted by atomic mass is 16.1. The summed E-state index contributed by atoms with van der Waals surface area (Å²) in [7, 11) is 0. The van der Waals surface area contributed by atoms with Crippen LogP contribution in [0.15, 0.2) is 11.1 Å². The molecule has 2 aromatic rings. The lowest BCUT2D eigenvalue weighted by Crippen LogP contribution is -2.35. The number of nitrogens with one attached hydrogen (secondary N) is 2. The summed E-state index contributed by atoms with van der Waals surface area (Å²) in [5.74, 6) is 0.136. The molecule has 0 spiro atoms. The van der Waals surface area contributed by atoms with Crippen LogP contribution in [0.1, 0.15) is 19.9 Å². The fraction of sp³-hybridized carbons (Fsp3) is 0.375. The average Bonchev–Trinajstić information content (AvgIpc) is 2.47. The molecular weight excluding hydrogens is 182 g/mol. The molecule has 0 aromatic carbocycles. The summed E-state index contributed by atoms with van der Waals surface area (Å²) in [6.07, 6.45) is 1.72. The van der Waals surface area contributed by atoms with Gasteiger partial charge in [-0.2, -0.15) is 0 Å². The van der Waals surface area contributed by atoms with Gasteiger partial charge >= 0.3 is 5.65 Å². The number of hydrogen-bond donors (Lipinski definition) is 3. The van der Waals surface area contributed by atoms with Crippen LogP contribution in [0.5, 0.6) is 0 Å². The van der Waals surface area contributed by atoms with Crippen LogP contribution in [0.4, 0.5) is 5.95 Å². The lowest BCUT2D eigenvalue weighted by Gasteiger charge is -1.99. The molecule has 0 atom stereocenters. The van der Waals surface area contributed by atoms with Crippen LogP contribution in [0.25, 0.3) is 11.2 Å². The number of nitrogens with two attached hydrogens (primary N) is 1. The molecule has 0 radical (unpaired) electrons. The zero-order chi connectivity index (χ0) is 10.3. The van der Waals surface area contributed by atoms with Crippen molar-refractivity contribution in [3.05, 3.63) is 16.7 Å². The van der Waals surface area contributed by atoms with Crippen molar-refractivity contribution in [3.8, 4) is 0 Å². The Morgan fingerprint density at radius 3 is 2.93 bits per heavy atom. The van der Waals surface area contributed by atoms with Crippen LogP contribution in [-0.2, 0) is 0 Å². The summed E-state index contributed by atoms with van der Waals surface area (Å²) in [6, 6.07) is 0.234. The Morgan fingerprint density at radius 2 is 2.29 bits per heavy atom. The molecule has 14 heavy (non-hydrogen) atoms. The molecule has 0 aliphatic rings. The van der Waals surface area contributed by atoms with Gasteiger partial charge in [-0.1, -0.05) is 4.98 Å². The van der Waals surface area contributed by atoms with Gasteiger partial charge in [0.15, 0.2) is 6.33 Å². The van der Waals surface area contributed by atoms with E-state index < -0.39 is 0 Å². The first kappa shape index (κ1) is 8.74. The Morgan fingerprint density at radius 1 is 1.57 bits per heavy atom. The summed E-state index contributed by atoms with van der Waals surface area (Å²) in [6.45, 7) is 4.01. The van der Waals surface area contributed by atoms with E-state index in [0.29, 0.717) is 11.2 Å². The molecule has 74 valence electrons. The first-order chi connectivity index (χ1) is 6.59. The van der Waals surface area contributed by atoms with Crippen LogP contribution in [0, 0.1) is 0 Å². The van der Waals surface area contributed by atoms with Crippen molar-refractivity contribution < 1.29 is 4.57 Å². The molecule has 6 nitrogen and oxygen atoms in total. The predicted octanol–water partition coefficient (Wildman–Crippen LogP) is -0.298. The second kappa shape index (κ2) is 2.83. The van der Waals surface area contributed by atoms with E-state index >= 15 is 0 Å². The van der Waals surface area contributed by atoms with E-state index in [1.165, 1.54) is 0 Å². The SMILES string of the molecule is CC(C)[n+]1c[nH]c2c(=O)[nH]c(N)nc21. The molecule has 0 fully saturated rings. The standard InChI is InChI=1S/C8H11N5O/c1-4(2)13-3-10-5-6(13)11-8(9)12-7(5)14/h3-4H,1-2H3,(H3,9,11,12,14)/p+1. The molecule has 2 aromatic heterocycles. The molecular formula is C8H12N5O+. The highest BCUT2D eigenvalue weighted by Crippen LogP contribution is 2.02. The van der Waals surface area contributed by atoms with Crippen LogP contribution < -0.4 is 15.9 Å². The van der Waals surface area contributed by atoms with Crippen molar-refractivity contribution in [1.29, 1.82) is 0 Å². The minimum absolute atomic E-state index is 0.136. The van der Waals surface area contributed by atoms with Crippen molar-refractivity contribution in [3.63, 3.8) is 0 Å². The molecule has 6 heteroatoms. The molecule has 0 bridgehead atoms. The number of H-pyrrole nitrogens is 2. The number of imidazole rings is 1. The van der Waals surface area contributed by atoms with Crippen molar-refractivity contribution in [2.45, 2.75) is 19.9 Å². The fourth-order valence-corrected chi connectivity index (χ4v) is 1.38. The Kier molecular flexibility index (Phi) is 1.77. The van der Waals surface area contributed by atoms with E-state index in [2.05, 4.69) is 15.0 Å². The van der Waals surface area contributed by atoms with Crippen LogP contribution in [0.2, 0.25) is 0 Å². The van der Waals surface area contributed by atoms with Crippen molar-refractivity contribution >= 4 is 17.1 Å². The van der Waals surface area contributed by atoms with Gasteiger partial charge in [-0.15, -0.1) is 0 Å². The van der Waals surface area contributed by atoms with Gasteiger partial charge in [-0.3, -0.25) is 14.8 Å². The minimum atomic E-state index is -0.244. The largest absolute Gasteiger partial charge is 0.355 e. The van der Waals surface area contributed by atoms with Gasteiger partial charge in [-0.05, 0) is 13.8 Å². The Labute approximate surface area is 79.8 Å². The van der Waals surface area contributed by atoms with Crippen molar-refractivity contribution in [2.75, 3.05) is 5.73 Å². The maximum Gasteiger partial charge on any atom is 0.311 e. The van der Waals surface area contributed by atoms with Gasteiger partial charge in [0.2, 0.25) is 5.52 Å². The molecule has 0 amide bonds. The molecule has 0 aliphatic heterocycles. The maximum absolute atomic E-state index is 11.4. The number of aromatic amines is 2. The number of hydrogen-bond acceptors (Lipinski definition) is 3. The van der Waals surface area contributed by atoms with E-state index in [9.17, 15) is 4.79 Å². The molecule has 4 N–H and O–H groups in total. The summed E-state index contributed by atoms with van der Waals surface area (Å²) in [4.78, 5) is 20.8. The summed E-state index contributed by atoms with van der Waals surface area (Å²) < 4.78 is 1.86. The maximum atomic E-state index is 11.4. The molecule has 0 aliphatic carbocycles. The second-order valence-corrected chi connectivity index (χ2v) is 3.42. The van der Waals surface area contributed by atoms with Gasteiger partial charge in [0.1, 0.15) is 0 Å². The predicted molar refractivity (Wildman–Crippen MR) is 51.7 cm³/mol. The highest BCUT2D eigenvalue weighted by Gasteiger charge is 2.17. The molecule has 0 saturated carbocycles. The van der Waals surface area contributed by atoms with Crippen molar-refractivity contribution in [2.24, 2.45) is 0 Å². The lowest BCUT2D eigenvalue weighted by molar-refractivity contribution is -0.692. The lowest BCUT2D eigenvalue weighted by atomic mass is 10.4. The van der Waals surface area contributed by atoms with Gasteiger partial charge in [0.05, 0.1) is 6.04 Å². The van der Waals surface area contributed by atoms with Gasteiger partial charge in [0, 0.05) is 0 Å². The van der Waals surface area contributed by atoms with Gasteiger partial charge in [-0.25, -0.2) is 4.57 Å². The number of aromatic nitrogens is 4. The van der Waals surface area contributed by atoms with Crippen LogP contribution in [-0.4, -0.2) is 15.0 Å². The Bertz CT molecular complexity index is 524. The number of nitrogen functional groups attached to an aromatic ring is 1. The monoisotopic (exact) mass is 194 g/mol. The fourth-order valence-electron chi connectivity index (χ4n) is 1.38. The first-order valence-corrected chi connectivity index (χ1v) is 4.37. The minimum Gasteiger partial charge on any atom is -0.355 e. The summed E-state index contributed by atoms with van der Waals surface area (Å²) in [5.41, 5.74) is 6.25. The summed E-state index contributed by atoms with van der Waals surface area (Å²) in [5, 5.41) is 0. The van der Waals surface area contributed by atoms with Crippen LogP contribution in [0.3, 0.4) is 0 Å². The van der Waals surface area contributed by atoms with E-state index in [1.54, 1.807) is 6.33 Å². The highest BCUT2D eigenvalue weighted by molar-refractivity contribution is 5.65. The van der Waals surface area contributed by atoms with E-state index in [0.717, 1.165) is 0 Å². The quantitative estimate of drug-likeness (QED) is 0.544. The zero-order valence-corrected chi connectivity index (χ0v) is 8.03. The Hall–Kier alpha value is -1.85. The normalized spacial score (nSPS) is 11.4. The third-order valence-electron chi connectivity index (χ3n) is 2.07. The third-order valence-corrected chi connectivity index (χ3v) is 2.07. The summed E-state index contributed by atoms with van der Waals surface area (Å²) >= 11 is 0. The number of fused-ring (bicyclic) bond motifs is 1. The van der Waals surface area contributed by atoms with E-state index in [4.69, 9.17) is 5.73 Å². The van der Waals surface area contributed by atoms with Crippen LogP contribution >= 0.6 is 0 Å². The van der Waals surface area contributed by atoms with Gasteiger partial charge < -0.3 is 5.73 Å². The number of nitrogens with zero attached hydrogens (tertiary/aromatic N) is 2. The second-order valence-electron chi connectivity index (χ2n) is 3.42. The van der Waals surface area contributed by atoms with Crippen molar-refractivity contribution in [1.82, 2.24) is 15.0 Å². The third kappa shape index (κ3) is 1.15. The number of rotatable bonds is 1. The first-order valence-electron chi connectivity index (χ1n) is 4.37. The average molecular weight is 194 g/mol. The molecule has 2 heterocycles. The Balaban J connectivity index is 2.85. The molecule has 2 rings (SSSR count). The zero-order valence-electron chi connectivity index (χ0n) is 8.03. The van der Waals surface area contributed by atoms with Gasteiger partial charge in [0.25, 0.3) is 11.5 Å². The smallest absolute Gasteiger partial charge is 0.311 e.